The summed E-state index contributed by atoms with van der Waals surface area (Å²) in [5.41, 5.74) is 3.75. The monoisotopic (exact) mass is 644 g/mol. The summed E-state index contributed by atoms with van der Waals surface area (Å²) in [6.07, 6.45) is 2.51. The zero-order chi connectivity index (χ0) is 31.1. The third kappa shape index (κ3) is 7.69. The van der Waals surface area contributed by atoms with Crippen molar-refractivity contribution in [3.05, 3.63) is 87.4 Å². The number of hydrogen-bond donors (Lipinski definition) is 2. The van der Waals surface area contributed by atoms with Crippen LogP contribution in [0.15, 0.2) is 65.6 Å². The second-order valence-electron chi connectivity index (χ2n) is 10.2. The molecule has 0 spiro atoms. The van der Waals surface area contributed by atoms with Gasteiger partial charge < -0.3 is 20.0 Å². The lowest BCUT2D eigenvalue weighted by molar-refractivity contribution is -0.138. The molecule has 1 heterocycles. The predicted octanol–water partition coefficient (Wildman–Crippen LogP) is 5.02. The van der Waals surface area contributed by atoms with Gasteiger partial charge in [0, 0.05) is 29.4 Å². The number of carboxylic acids is 1. The molecule has 9 nitrogen and oxygen atoms in total. The maximum Gasteiger partial charge on any atom is 0.305 e. The molecule has 226 valence electrons. The van der Waals surface area contributed by atoms with Crippen LogP contribution in [0.3, 0.4) is 0 Å². The van der Waals surface area contributed by atoms with Crippen molar-refractivity contribution in [1.82, 2.24) is 9.62 Å². The molecule has 0 saturated carbocycles. The first-order valence-corrected chi connectivity index (χ1v) is 15.8. The standard InChI is InChI=1S/C31H30Cl2N2O7S/c32-24-16-25(33)18-26(17-24)43(41,42)35-11-10-28(35)31(40)34-27(19-29(38)39)23-14-21(8-4-12-36)30(20-6-2-1-3-7-20)22(15-23)9-5-13-37/h1-3,6-7,12-18,27-28H,4-5,8-11,19H2,(H,34,40)(H,38,39)/t27-,28+/m1/s1. The third-order valence-corrected chi connectivity index (χ3v) is 9.59. The smallest absolute Gasteiger partial charge is 0.305 e. The summed E-state index contributed by atoms with van der Waals surface area (Å²) in [6, 6.07) is 14.8. The van der Waals surface area contributed by atoms with Gasteiger partial charge in [0.2, 0.25) is 15.9 Å². The quantitative estimate of drug-likeness (QED) is 0.235. The van der Waals surface area contributed by atoms with Crippen LogP contribution in [0.5, 0.6) is 0 Å². The minimum Gasteiger partial charge on any atom is -0.481 e. The number of aryl methyl sites for hydroxylation is 2. The first-order chi connectivity index (χ1) is 20.5. The van der Waals surface area contributed by atoms with Crippen molar-refractivity contribution < 1.29 is 32.7 Å². The fourth-order valence-corrected chi connectivity index (χ4v) is 7.58. The number of aldehydes is 2. The zero-order valence-electron chi connectivity index (χ0n) is 23.0. The highest BCUT2D eigenvalue weighted by Crippen LogP contribution is 2.35. The molecule has 0 aliphatic carbocycles. The Balaban J connectivity index is 1.70. The second kappa shape index (κ2) is 14.3. The van der Waals surface area contributed by atoms with Crippen molar-refractivity contribution in [2.45, 2.75) is 55.5 Å². The van der Waals surface area contributed by atoms with E-state index >= 15 is 0 Å². The van der Waals surface area contributed by atoms with Crippen LogP contribution in [0.25, 0.3) is 11.1 Å². The largest absolute Gasteiger partial charge is 0.481 e. The maximum atomic E-state index is 13.5. The second-order valence-corrected chi connectivity index (χ2v) is 12.9. The van der Waals surface area contributed by atoms with Crippen molar-refractivity contribution in [1.29, 1.82) is 0 Å². The van der Waals surface area contributed by atoms with Gasteiger partial charge in [0.25, 0.3) is 0 Å². The number of amides is 1. The van der Waals surface area contributed by atoms with E-state index in [4.69, 9.17) is 23.2 Å². The van der Waals surface area contributed by atoms with Crippen LogP contribution < -0.4 is 5.32 Å². The number of rotatable bonds is 14. The van der Waals surface area contributed by atoms with Gasteiger partial charge in [-0.2, -0.15) is 4.31 Å². The minimum absolute atomic E-state index is 0.0889. The molecule has 43 heavy (non-hydrogen) atoms. The highest BCUT2D eigenvalue weighted by atomic mass is 35.5. The Hall–Kier alpha value is -3.57. The van der Waals surface area contributed by atoms with Gasteiger partial charge in [0.1, 0.15) is 18.6 Å². The van der Waals surface area contributed by atoms with Crippen LogP contribution in [-0.4, -0.2) is 54.9 Å². The number of halogens is 2. The highest BCUT2D eigenvalue weighted by molar-refractivity contribution is 7.89. The van der Waals surface area contributed by atoms with Gasteiger partial charge in [-0.25, -0.2) is 8.42 Å². The summed E-state index contributed by atoms with van der Waals surface area (Å²) >= 11 is 12.0. The number of nitrogens with zero attached hydrogens (tertiary/aromatic N) is 1. The molecule has 4 rings (SSSR count). The molecule has 1 saturated heterocycles. The molecule has 0 bridgehead atoms. The summed E-state index contributed by atoms with van der Waals surface area (Å²) in [7, 11) is -4.11. The fourth-order valence-electron chi connectivity index (χ4n) is 5.22. The Bertz CT molecular complexity index is 1580. The molecule has 3 aromatic carbocycles. The molecule has 12 heteroatoms. The molecule has 1 amide bonds. The van der Waals surface area contributed by atoms with Crippen LogP contribution in [0.1, 0.15) is 48.4 Å². The molecule has 0 aromatic heterocycles. The van der Waals surface area contributed by atoms with Crippen LogP contribution in [0.2, 0.25) is 10.0 Å². The zero-order valence-corrected chi connectivity index (χ0v) is 25.4. The first kappa shape index (κ1) is 32.3. The number of benzene rings is 3. The Morgan fingerprint density at radius 2 is 1.53 bits per heavy atom. The molecule has 1 aliphatic rings. The number of carboxylic acid groups (broad SMARTS) is 1. The molecule has 2 N–H and O–H groups in total. The predicted molar refractivity (Wildman–Crippen MR) is 163 cm³/mol. The Morgan fingerprint density at radius 1 is 0.953 bits per heavy atom. The topological polar surface area (TPSA) is 138 Å². The van der Waals surface area contributed by atoms with E-state index in [-0.39, 0.29) is 40.7 Å². The average Bonchev–Trinajstić information content (AvgIpc) is 2.93. The van der Waals surface area contributed by atoms with Crippen LogP contribution in [0, 0.1) is 0 Å². The van der Waals surface area contributed by atoms with E-state index in [1.165, 1.54) is 18.2 Å². The van der Waals surface area contributed by atoms with E-state index in [0.717, 1.165) is 39.1 Å². The third-order valence-electron chi connectivity index (χ3n) is 7.26. The van der Waals surface area contributed by atoms with Crippen molar-refractivity contribution >= 4 is 57.7 Å². The van der Waals surface area contributed by atoms with Gasteiger partial charge >= 0.3 is 5.97 Å². The summed E-state index contributed by atoms with van der Waals surface area (Å²) in [5, 5.41) is 12.7. The van der Waals surface area contributed by atoms with Gasteiger partial charge in [0.15, 0.2) is 0 Å². The van der Waals surface area contributed by atoms with Crippen molar-refractivity contribution in [2.75, 3.05) is 6.54 Å². The Kier molecular flexibility index (Phi) is 10.7. The summed E-state index contributed by atoms with van der Waals surface area (Å²) < 4.78 is 27.6. The molecule has 1 aliphatic heterocycles. The van der Waals surface area contributed by atoms with E-state index in [1.54, 1.807) is 12.1 Å². The highest BCUT2D eigenvalue weighted by Gasteiger charge is 2.43. The van der Waals surface area contributed by atoms with E-state index in [9.17, 15) is 32.7 Å². The number of nitrogens with one attached hydrogen (secondary N) is 1. The number of sulfonamides is 1. The lowest BCUT2D eigenvalue weighted by Crippen LogP contribution is -2.58. The summed E-state index contributed by atoms with van der Waals surface area (Å²) in [5.74, 6) is -1.82. The molecule has 1 fully saturated rings. The SMILES string of the molecule is O=CCCc1cc([C@@H](CC(=O)O)NC(=O)[C@@H]2CCN2S(=O)(=O)c2cc(Cl)cc(Cl)c2)cc(CCC=O)c1-c1ccccc1. The molecule has 0 radical (unpaired) electrons. The van der Waals surface area contributed by atoms with E-state index < -0.39 is 40.4 Å². The molecular weight excluding hydrogens is 615 g/mol. The van der Waals surface area contributed by atoms with E-state index in [1.807, 2.05) is 30.3 Å². The summed E-state index contributed by atoms with van der Waals surface area (Å²) in [4.78, 5) is 47.8. The number of carbonyl (C=O) groups is 4. The van der Waals surface area contributed by atoms with Crippen LogP contribution in [0.4, 0.5) is 0 Å². The normalized spacial score (nSPS) is 15.7. The number of aliphatic carboxylic acids is 1. The number of carbonyl (C=O) groups excluding carboxylic acids is 3. The van der Waals surface area contributed by atoms with Gasteiger partial charge in [-0.15, -0.1) is 0 Å². The van der Waals surface area contributed by atoms with Gasteiger partial charge in [-0.3, -0.25) is 9.59 Å². The van der Waals surface area contributed by atoms with Crippen molar-refractivity contribution in [3.63, 3.8) is 0 Å². The van der Waals surface area contributed by atoms with E-state index in [0.29, 0.717) is 18.4 Å². The fraction of sp³-hybridized carbons (Fsp3) is 0.290. The maximum absolute atomic E-state index is 13.5. The van der Waals surface area contributed by atoms with Gasteiger partial charge in [-0.05, 0) is 65.3 Å². The summed E-state index contributed by atoms with van der Waals surface area (Å²) in [6.45, 7) is 0.0889. The van der Waals surface area contributed by atoms with Crippen LogP contribution >= 0.6 is 23.2 Å². The van der Waals surface area contributed by atoms with Crippen molar-refractivity contribution in [2.24, 2.45) is 0 Å². The van der Waals surface area contributed by atoms with Crippen molar-refractivity contribution in [3.8, 4) is 11.1 Å². The number of hydrogen-bond acceptors (Lipinski definition) is 6. The lowest BCUT2D eigenvalue weighted by Gasteiger charge is -2.39. The Labute approximate surface area is 259 Å². The van der Waals surface area contributed by atoms with E-state index in [2.05, 4.69) is 5.32 Å². The minimum atomic E-state index is -4.11. The molecule has 2 atom stereocenters. The lowest BCUT2D eigenvalue weighted by atomic mass is 9.86. The molecular formula is C31H30Cl2N2O7S. The molecule has 0 unspecified atom stereocenters. The van der Waals surface area contributed by atoms with Crippen LogP contribution in [-0.2, 0) is 42.0 Å². The Morgan fingerprint density at radius 3 is 2.02 bits per heavy atom. The van der Waals surface area contributed by atoms with Gasteiger partial charge in [0.05, 0.1) is 17.4 Å². The average molecular weight is 646 g/mol. The first-order valence-electron chi connectivity index (χ1n) is 13.6. The van der Waals surface area contributed by atoms with Gasteiger partial charge in [-0.1, -0.05) is 65.7 Å². The molecule has 3 aromatic rings.